The molecule has 74 valence electrons. The molecule has 1 heterocycles. The highest BCUT2D eigenvalue weighted by Crippen LogP contribution is 2.16. The van der Waals surface area contributed by atoms with E-state index in [2.05, 4.69) is 17.0 Å². The Morgan fingerprint density at radius 1 is 1.54 bits per heavy atom. The summed E-state index contributed by atoms with van der Waals surface area (Å²) in [6.45, 7) is 6.70. The maximum absolute atomic E-state index is 9.40. The van der Waals surface area contributed by atoms with Crippen LogP contribution in [0, 0.1) is 0 Å². The van der Waals surface area contributed by atoms with E-state index < -0.39 is 0 Å². The highest BCUT2D eigenvalue weighted by molar-refractivity contribution is 4.96. The Morgan fingerprint density at radius 2 is 2.23 bits per heavy atom. The Morgan fingerprint density at radius 3 is 2.77 bits per heavy atom. The molecule has 13 heavy (non-hydrogen) atoms. The first kappa shape index (κ1) is 10.2. The highest BCUT2D eigenvalue weighted by atomic mass is 16.3. The molecule has 0 saturated heterocycles. The molecule has 2 atom stereocenters. The molecule has 1 rings (SSSR count). The van der Waals surface area contributed by atoms with Crippen molar-refractivity contribution in [3.05, 3.63) is 12.2 Å². The van der Waals surface area contributed by atoms with Gasteiger partial charge < -0.3 is 5.11 Å². The summed E-state index contributed by atoms with van der Waals surface area (Å²) in [4.78, 5) is 4.15. The summed E-state index contributed by atoms with van der Waals surface area (Å²) in [5.74, 6) is 0.922. The normalized spacial score (nSPS) is 15.7. The molecule has 0 aliphatic rings. The van der Waals surface area contributed by atoms with E-state index in [4.69, 9.17) is 0 Å². The van der Waals surface area contributed by atoms with Crippen LogP contribution in [0.5, 0.6) is 0 Å². The molecule has 0 radical (unpaired) electrons. The fourth-order valence-corrected chi connectivity index (χ4v) is 1.23. The van der Waals surface area contributed by atoms with Gasteiger partial charge in [0.1, 0.15) is 12.2 Å². The zero-order valence-electron chi connectivity index (χ0n) is 8.44. The average molecular weight is 183 g/mol. The number of aryl methyl sites for hydroxylation is 1. The summed E-state index contributed by atoms with van der Waals surface area (Å²) in [6.07, 6.45) is 2.20. The molecule has 0 spiro atoms. The van der Waals surface area contributed by atoms with E-state index in [0.717, 1.165) is 18.8 Å². The van der Waals surface area contributed by atoms with Crippen molar-refractivity contribution < 1.29 is 5.11 Å². The molecule has 1 aromatic heterocycles. The maximum Gasteiger partial charge on any atom is 0.138 e. The Bertz CT molecular complexity index is 257. The van der Waals surface area contributed by atoms with Crippen molar-refractivity contribution in [2.75, 3.05) is 0 Å². The number of nitrogens with zero attached hydrogens (tertiary/aromatic N) is 3. The van der Waals surface area contributed by atoms with Crippen molar-refractivity contribution in [2.24, 2.45) is 0 Å². The van der Waals surface area contributed by atoms with E-state index in [1.165, 1.54) is 0 Å². The van der Waals surface area contributed by atoms with Crippen LogP contribution < -0.4 is 0 Å². The molecule has 0 bridgehead atoms. The van der Waals surface area contributed by atoms with Crippen LogP contribution in [0.1, 0.15) is 38.9 Å². The van der Waals surface area contributed by atoms with Crippen molar-refractivity contribution in [1.82, 2.24) is 14.8 Å². The highest BCUT2D eigenvalue weighted by Gasteiger charge is 2.17. The van der Waals surface area contributed by atoms with Gasteiger partial charge in [-0.2, -0.15) is 5.10 Å². The Labute approximate surface area is 78.6 Å². The number of aromatic nitrogens is 3. The van der Waals surface area contributed by atoms with Crippen molar-refractivity contribution in [1.29, 1.82) is 0 Å². The van der Waals surface area contributed by atoms with Gasteiger partial charge in [0.2, 0.25) is 0 Å². The summed E-state index contributed by atoms with van der Waals surface area (Å²) in [5.41, 5.74) is 0. The zero-order valence-corrected chi connectivity index (χ0v) is 8.44. The van der Waals surface area contributed by atoms with Crippen LogP contribution in [0.2, 0.25) is 0 Å². The van der Waals surface area contributed by atoms with Crippen LogP contribution in [0.4, 0.5) is 0 Å². The molecule has 0 aliphatic heterocycles. The van der Waals surface area contributed by atoms with Crippen LogP contribution in [0.25, 0.3) is 0 Å². The first-order valence-corrected chi connectivity index (χ1v) is 4.72. The van der Waals surface area contributed by atoms with Crippen LogP contribution in [-0.4, -0.2) is 26.0 Å². The number of hydrogen-bond acceptors (Lipinski definition) is 3. The topological polar surface area (TPSA) is 50.9 Å². The second kappa shape index (κ2) is 4.37. The van der Waals surface area contributed by atoms with Gasteiger partial charge in [0, 0.05) is 12.5 Å². The Balaban J connectivity index is 2.80. The van der Waals surface area contributed by atoms with Gasteiger partial charge in [-0.1, -0.05) is 13.8 Å². The number of aliphatic hydroxyl groups excluding tert-OH is 1. The molecule has 0 amide bonds. The largest absolute Gasteiger partial charge is 0.393 e. The third-order valence-corrected chi connectivity index (χ3v) is 2.21. The van der Waals surface area contributed by atoms with E-state index >= 15 is 0 Å². The lowest BCUT2D eigenvalue weighted by Crippen LogP contribution is -2.17. The molecule has 0 fully saturated rings. The van der Waals surface area contributed by atoms with Crippen molar-refractivity contribution >= 4 is 0 Å². The second-order valence-electron chi connectivity index (χ2n) is 3.37. The fraction of sp³-hybridized carbons (Fsp3) is 0.778. The van der Waals surface area contributed by atoms with E-state index in [0.29, 0.717) is 0 Å². The number of aliphatic hydroxyl groups is 1. The SMILES string of the molecule is CCCn1ncnc1C(C)C(C)O. The van der Waals surface area contributed by atoms with E-state index in [1.807, 2.05) is 11.6 Å². The summed E-state index contributed by atoms with van der Waals surface area (Å²) < 4.78 is 1.86. The van der Waals surface area contributed by atoms with Gasteiger partial charge in [-0.05, 0) is 13.3 Å². The summed E-state index contributed by atoms with van der Waals surface area (Å²) in [6, 6.07) is 0. The monoisotopic (exact) mass is 183 g/mol. The van der Waals surface area contributed by atoms with Gasteiger partial charge in [-0.3, -0.25) is 0 Å². The standard InChI is InChI=1S/C9H17N3O/c1-4-5-12-9(10-6-11-12)7(2)8(3)13/h6-8,13H,4-5H2,1-3H3. The predicted octanol–water partition coefficient (Wildman–Crippen LogP) is 1.17. The van der Waals surface area contributed by atoms with Gasteiger partial charge >= 0.3 is 0 Å². The lowest BCUT2D eigenvalue weighted by Gasteiger charge is -2.14. The molecule has 0 aromatic carbocycles. The second-order valence-corrected chi connectivity index (χ2v) is 3.37. The van der Waals surface area contributed by atoms with Crippen LogP contribution in [0.3, 0.4) is 0 Å². The van der Waals surface area contributed by atoms with E-state index in [9.17, 15) is 5.11 Å². The zero-order chi connectivity index (χ0) is 9.84. The van der Waals surface area contributed by atoms with Crippen LogP contribution >= 0.6 is 0 Å². The Hall–Kier alpha value is -0.900. The molecular formula is C9H17N3O. The van der Waals surface area contributed by atoms with Crippen molar-refractivity contribution in [3.63, 3.8) is 0 Å². The van der Waals surface area contributed by atoms with Gasteiger partial charge in [0.15, 0.2) is 0 Å². The number of hydrogen-bond donors (Lipinski definition) is 1. The molecule has 1 aromatic rings. The third kappa shape index (κ3) is 2.28. The minimum atomic E-state index is -0.375. The van der Waals surface area contributed by atoms with Crippen molar-refractivity contribution in [3.8, 4) is 0 Å². The molecule has 4 heteroatoms. The van der Waals surface area contributed by atoms with Gasteiger partial charge in [0.05, 0.1) is 6.10 Å². The maximum atomic E-state index is 9.40. The summed E-state index contributed by atoms with van der Waals surface area (Å²) in [5, 5.41) is 13.5. The summed E-state index contributed by atoms with van der Waals surface area (Å²) >= 11 is 0. The smallest absolute Gasteiger partial charge is 0.138 e. The molecule has 1 N–H and O–H groups in total. The number of rotatable bonds is 4. The average Bonchev–Trinajstić information content (AvgIpc) is 2.52. The lowest BCUT2D eigenvalue weighted by atomic mass is 10.1. The van der Waals surface area contributed by atoms with Crippen LogP contribution in [0.15, 0.2) is 6.33 Å². The minimum absolute atomic E-state index is 0.0500. The molecule has 2 unspecified atom stereocenters. The van der Waals surface area contributed by atoms with E-state index in [1.54, 1.807) is 13.3 Å². The van der Waals surface area contributed by atoms with Gasteiger partial charge in [0.25, 0.3) is 0 Å². The molecule has 0 aliphatic carbocycles. The first-order chi connectivity index (χ1) is 6.16. The fourth-order valence-electron chi connectivity index (χ4n) is 1.23. The predicted molar refractivity (Wildman–Crippen MR) is 50.4 cm³/mol. The summed E-state index contributed by atoms with van der Waals surface area (Å²) in [7, 11) is 0. The minimum Gasteiger partial charge on any atom is -0.393 e. The molecular weight excluding hydrogens is 166 g/mol. The van der Waals surface area contributed by atoms with Crippen LogP contribution in [-0.2, 0) is 6.54 Å². The van der Waals surface area contributed by atoms with E-state index in [-0.39, 0.29) is 12.0 Å². The van der Waals surface area contributed by atoms with Gasteiger partial charge in [-0.15, -0.1) is 0 Å². The lowest BCUT2D eigenvalue weighted by molar-refractivity contribution is 0.163. The first-order valence-electron chi connectivity index (χ1n) is 4.72. The quantitative estimate of drug-likeness (QED) is 0.762. The molecule has 4 nitrogen and oxygen atoms in total. The van der Waals surface area contributed by atoms with Crippen molar-refractivity contribution in [2.45, 2.75) is 45.8 Å². The Kier molecular flexibility index (Phi) is 3.42. The van der Waals surface area contributed by atoms with Gasteiger partial charge in [-0.25, -0.2) is 9.67 Å². The molecule has 0 saturated carbocycles. The third-order valence-electron chi connectivity index (χ3n) is 2.21.